The van der Waals surface area contributed by atoms with Crippen molar-refractivity contribution in [1.82, 2.24) is 4.98 Å². The molecule has 0 radical (unpaired) electrons. The van der Waals surface area contributed by atoms with Crippen molar-refractivity contribution in [2.24, 2.45) is 4.99 Å². The van der Waals surface area contributed by atoms with Gasteiger partial charge in [0.1, 0.15) is 22.7 Å². The van der Waals surface area contributed by atoms with Crippen LogP contribution in [0.4, 0.5) is 5.00 Å². The number of nitriles is 2. The van der Waals surface area contributed by atoms with E-state index in [2.05, 4.69) is 16.0 Å². The van der Waals surface area contributed by atoms with Gasteiger partial charge in [-0.25, -0.2) is 4.99 Å². The van der Waals surface area contributed by atoms with E-state index < -0.39 is 5.56 Å². The number of aryl methyl sites for hydroxylation is 1. The van der Waals surface area contributed by atoms with Crippen LogP contribution >= 0.6 is 11.3 Å². The summed E-state index contributed by atoms with van der Waals surface area (Å²) < 4.78 is 0. The molecule has 2 heterocycles. The Bertz CT molecular complexity index is 986. The predicted molar refractivity (Wildman–Crippen MR) is 91.1 cm³/mol. The number of nitrogens with one attached hydrogen (secondary N) is 1. The Morgan fingerprint density at radius 1 is 1.25 bits per heavy atom. The van der Waals surface area contributed by atoms with Gasteiger partial charge in [-0.05, 0) is 43.7 Å². The third-order valence-electron chi connectivity index (χ3n) is 4.18. The largest absolute Gasteiger partial charge is 0.494 e. The lowest BCUT2D eigenvalue weighted by Gasteiger charge is -2.09. The number of pyridine rings is 1. The average molecular weight is 338 g/mol. The molecule has 2 aromatic rings. The van der Waals surface area contributed by atoms with Crippen LogP contribution in [0.15, 0.2) is 9.79 Å². The molecule has 0 saturated heterocycles. The van der Waals surface area contributed by atoms with Gasteiger partial charge in [-0.1, -0.05) is 0 Å². The lowest BCUT2D eigenvalue weighted by molar-refractivity contribution is 0.450. The van der Waals surface area contributed by atoms with Crippen LogP contribution in [0.5, 0.6) is 5.88 Å². The zero-order chi connectivity index (χ0) is 17.3. The van der Waals surface area contributed by atoms with Crippen LogP contribution in [0.3, 0.4) is 0 Å². The number of aromatic nitrogens is 1. The summed E-state index contributed by atoms with van der Waals surface area (Å²) in [5.74, 6) is -0.333. The number of aromatic hydroxyl groups is 1. The van der Waals surface area contributed by atoms with E-state index in [0.29, 0.717) is 16.1 Å². The fourth-order valence-corrected chi connectivity index (χ4v) is 4.08. The van der Waals surface area contributed by atoms with E-state index in [4.69, 9.17) is 5.26 Å². The van der Waals surface area contributed by atoms with Crippen molar-refractivity contribution in [3.8, 4) is 18.0 Å². The molecule has 120 valence electrons. The Morgan fingerprint density at radius 3 is 2.67 bits per heavy atom. The molecule has 0 unspecified atom stereocenters. The minimum Gasteiger partial charge on any atom is -0.494 e. The molecule has 1 aliphatic rings. The standard InChI is InChI=1S/C17H14N4O2S/c1-9-11(6-18)15(22)21-16(23)13(9)8-20-17-12(7-19)10-4-2-3-5-14(10)24-17/h8H,2-5H2,1H3,(H2,21,22,23)/b20-8+. The fraction of sp³-hybridized carbons (Fsp3) is 0.294. The summed E-state index contributed by atoms with van der Waals surface area (Å²) in [5.41, 5.74) is 1.63. The number of H-pyrrole nitrogens is 1. The van der Waals surface area contributed by atoms with E-state index >= 15 is 0 Å². The molecule has 3 rings (SSSR count). The predicted octanol–water partition coefficient (Wildman–Crippen LogP) is 2.82. The van der Waals surface area contributed by atoms with Crippen molar-refractivity contribution in [2.45, 2.75) is 32.6 Å². The summed E-state index contributed by atoms with van der Waals surface area (Å²) in [7, 11) is 0. The van der Waals surface area contributed by atoms with Gasteiger partial charge in [0.15, 0.2) is 0 Å². The van der Waals surface area contributed by atoms with Crippen molar-refractivity contribution >= 4 is 22.6 Å². The quantitative estimate of drug-likeness (QED) is 0.820. The first-order valence-corrected chi connectivity index (χ1v) is 8.33. The number of hydrogen-bond acceptors (Lipinski definition) is 6. The minimum absolute atomic E-state index is 0.0553. The van der Waals surface area contributed by atoms with Crippen LogP contribution in [0.25, 0.3) is 0 Å². The average Bonchev–Trinajstić information content (AvgIpc) is 2.92. The molecule has 2 N–H and O–H groups in total. The van der Waals surface area contributed by atoms with E-state index in [1.54, 1.807) is 6.92 Å². The van der Waals surface area contributed by atoms with Crippen LogP contribution < -0.4 is 5.56 Å². The highest BCUT2D eigenvalue weighted by Crippen LogP contribution is 2.39. The highest BCUT2D eigenvalue weighted by molar-refractivity contribution is 7.16. The molecule has 0 spiro atoms. The molecule has 24 heavy (non-hydrogen) atoms. The highest BCUT2D eigenvalue weighted by atomic mass is 32.1. The molecular formula is C17H14N4O2S. The first kappa shape index (κ1) is 16.0. The van der Waals surface area contributed by atoms with Gasteiger partial charge in [0.05, 0.1) is 11.1 Å². The van der Waals surface area contributed by atoms with Crippen molar-refractivity contribution < 1.29 is 5.11 Å². The number of hydrogen-bond donors (Lipinski definition) is 2. The Hall–Kier alpha value is -2.90. The number of nitrogens with zero attached hydrogens (tertiary/aromatic N) is 3. The monoisotopic (exact) mass is 338 g/mol. The molecule has 0 atom stereocenters. The zero-order valence-electron chi connectivity index (χ0n) is 13.0. The summed E-state index contributed by atoms with van der Waals surface area (Å²) in [6.07, 6.45) is 5.46. The zero-order valence-corrected chi connectivity index (χ0v) is 13.8. The fourth-order valence-electron chi connectivity index (χ4n) is 2.89. The summed E-state index contributed by atoms with van der Waals surface area (Å²) in [6.45, 7) is 1.58. The van der Waals surface area contributed by atoms with Crippen LogP contribution in [-0.2, 0) is 12.8 Å². The van der Waals surface area contributed by atoms with Gasteiger partial charge in [-0.2, -0.15) is 10.5 Å². The lowest BCUT2D eigenvalue weighted by Crippen LogP contribution is -2.14. The second-order valence-electron chi connectivity index (χ2n) is 5.59. The number of rotatable bonds is 2. The number of fused-ring (bicyclic) bond motifs is 1. The Morgan fingerprint density at radius 2 is 1.96 bits per heavy atom. The van der Waals surface area contributed by atoms with Crippen LogP contribution in [0, 0.1) is 29.6 Å². The summed E-state index contributed by atoms with van der Waals surface area (Å²) in [6, 6.07) is 4.05. The normalized spacial score (nSPS) is 13.5. The van der Waals surface area contributed by atoms with E-state index in [1.165, 1.54) is 22.4 Å². The third kappa shape index (κ3) is 2.60. The molecule has 0 fully saturated rings. The molecular weight excluding hydrogens is 324 g/mol. The summed E-state index contributed by atoms with van der Waals surface area (Å²) in [4.78, 5) is 19.4. The van der Waals surface area contributed by atoms with E-state index in [-0.39, 0.29) is 17.0 Å². The number of aliphatic imine (C=N–C) groups is 1. The maximum absolute atomic E-state index is 11.6. The van der Waals surface area contributed by atoms with Gasteiger partial charge >= 0.3 is 0 Å². The van der Waals surface area contributed by atoms with E-state index in [1.807, 2.05) is 6.07 Å². The Kier molecular flexibility index (Phi) is 4.20. The third-order valence-corrected chi connectivity index (χ3v) is 5.38. The second-order valence-corrected chi connectivity index (χ2v) is 6.67. The highest BCUT2D eigenvalue weighted by Gasteiger charge is 2.20. The molecule has 0 aliphatic heterocycles. The van der Waals surface area contributed by atoms with Gasteiger partial charge in [0, 0.05) is 11.1 Å². The van der Waals surface area contributed by atoms with Gasteiger partial charge in [-0.3, -0.25) is 9.78 Å². The molecule has 6 nitrogen and oxygen atoms in total. The molecule has 0 aromatic carbocycles. The van der Waals surface area contributed by atoms with E-state index in [0.717, 1.165) is 31.2 Å². The smallest absolute Gasteiger partial charge is 0.268 e. The van der Waals surface area contributed by atoms with Crippen molar-refractivity contribution in [1.29, 1.82) is 10.5 Å². The van der Waals surface area contributed by atoms with Gasteiger partial charge in [0.2, 0.25) is 5.88 Å². The van der Waals surface area contributed by atoms with Gasteiger partial charge < -0.3 is 5.11 Å². The van der Waals surface area contributed by atoms with Crippen molar-refractivity contribution in [3.63, 3.8) is 0 Å². The van der Waals surface area contributed by atoms with Gasteiger partial charge in [-0.15, -0.1) is 11.3 Å². The molecule has 7 heteroatoms. The maximum Gasteiger partial charge on any atom is 0.268 e. The lowest BCUT2D eigenvalue weighted by atomic mass is 9.96. The Balaban J connectivity index is 2.08. The minimum atomic E-state index is -0.631. The first-order chi connectivity index (χ1) is 11.6. The maximum atomic E-state index is 11.6. The first-order valence-electron chi connectivity index (χ1n) is 7.51. The molecule has 0 saturated carbocycles. The Labute approximate surface area is 142 Å². The molecule has 2 aromatic heterocycles. The van der Waals surface area contributed by atoms with Gasteiger partial charge in [0.25, 0.3) is 5.56 Å². The summed E-state index contributed by atoms with van der Waals surface area (Å²) in [5, 5.41) is 29.0. The number of aromatic amines is 1. The van der Waals surface area contributed by atoms with Crippen LogP contribution in [0.2, 0.25) is 0 Å². The topological polar surface area (TPSA) is 113 Å². The number of thiophene rings is 1. The van der Waals surface area contributed by atoms with E-state index in [9.17, 15) is 15.2 Å². The van der Waals surface area contributed by atoms with Crippen molar-refractivity contribution in [2.75, 3.05) is 0 Å². The van der Waals surface area contributed by atoms with Crippen LogP contribution in [0.1, 0.15) is 45.5 Å². The second kappa shape index (κ2) is 6.31. The molecule has 1 aliphatic carbocycles. The molecule has 0 bridgehead atoms. The van der Waals surface area contributed by atoms with Crippen molar-refractivity contribution in [3.05, 3.63) is 43.0 Å². The molecule has 0 amide bonds. The van der Waals surface area contributed by atoms with Crippen LogP contribution in [-0.4, -0.2) is 16.3 Å². The summed E-state index contributed by atoms with van der Waals surface area (Å²) >= 11 is 1.49. The SMILES string of the molecule is Cc1c(/C=N/c2sc3c(c2C#N)CCCC3)c(O)[nH]c(=O)c1C#N.